The third-order valence-corrected chi connectivity index (χ3v) is 3.28. The van der Waals surface area contributed by atoms with E-state index in [0.717, 1.165) is 11.8 Å². The number of hydrogen-bond acceptors (Lipinski definition) is 2. The lowest BCUT2D eigenvalue weighted by molar-refractivity contribution is 0.341. The first-order valence-electron chi connectivity index (χ1n) is 6.20. The van der Waals surface area contributed by atoms with Crippen molar-refractivity contribution in [3.05, 3.63) is 0 Å². The van der Waals surface area contributed by atoms with Gasteiger partial charge >= 0.3 is 0 Å². The molecule has 1 nitrogen and oxygen atoms in total. The maximum Gasteiger partial charge on any atom is 0.0132 e. The fourth-order valence-electron chi connectivity index (χ4n) is 2.07. The molecule has 0 fully saturated rings. The van der Waals surface area contributed by atoms with Crippen molar-refractivity contribution in [1.29, 1.82) is 0 Å². The third kappa shape index (κ3) is 9.25. The van der Waals surface area contributed by atoms with Crippen molar-refractivity contribution < 1.29 is 0 Å². The zero-order chi connectivity index (χ0) is 11.8. The van der Waals surface area contributed by atoms with Gasteiger partial charge in [-0.05, 0) is 37.9 Å². The lowest BCUT2D eigenvalue weighted by Gasteiger charge is -2.26. The summed E-state index contributed by atoms with van der Waals surface area (Å²) in [5.74, 6) is 2.80. The monoisotopic (exact) mass is 231 g/mol. The van der Waals surface area contributed by atoms with E-state index in [1.54, 1.807) is 0 Å². The predicted molar refractivity (Wildman–Crippen MR) is 73.7 cm³/mol. The molecule has 0 aliphatic rings. The summed E-state index contributed by atoms with van der Waals surface area (Å²) >= 11 is 1.93. The van der Waals surface area contributed by atoms with Crippen LogP contribution in [0.3, 0.4) is 0 Å². The molecule has 0 aliphatic carbocycles. The van der Waals surface area contributed by atoms with Crippen LogP contribution < -0.4 is 5.32 Å². The van der Waals surface area contributed by atoms with E-state index in [0.29, 0.717) is 12.1 Å². The second kappa shape index (κ2) is 8.46. The Morgan fingerprint density at radius 1 is 0.933 bits per heavy atom. The maximum atomic E-state index is 3.76. The Balaban J connectivity index is 3.99. The normalized spacial score (nSPS) is 14.2. The minimum Gasteiger partial charge on any atom is -0.311 e. The Labute approximate surface area is 101 Å². The standard InChI is InChI=1S/C13H29NS/c1-10(2)7-13(8-11(3)4)14-12(5)9-15-6/h10-14H,7-9H2,1-6H3. The van der Waals surface area contributed by atoms with Gasteiger partial charge in [0, 0.05) is 17.8 Å². The molecular weight excluding hydrogens is 202 g/mol. The van der Waals surface area contributed by atoms with Gasteiger partial charge in [0.2, 0.25) is 0 Å². The molecule has 0 aliphatic heterocycles. The third-order valence-electron chi connectivity index (χ3n) is 2.45. The van der Waals surface area contributed by atoms with Gasteiger partial charge in [-0.15, -0.1) is 0 Å². The molecule has 1 unspecified atom stereocenters. The zero-order valence-electron chi connectivity index (χ0n) is 11.3. The van der Waals surface area contributed by atoms with Gasteiger partial charge in [0.05, 0.1) is 0 Å². The lowest BCUT2D eigenvalue weighted by Crippen LogP contribution is -2.39. The van der Waals surface area contributed by atoms with E-state index in [1.807, 2.05) is 11.8 Å². The molecule has 2 heteroatoms. The van der Waals surface area contributed by atoms with E-state index in [9.17, 15) is 0 Å². The molecule has 15 heavy (non-hydrogen) atoms. The number of thioether (sulfide) groups is 1. The van der Waals surface area contributed by atoms with Crippen LogP contribution >= 0.6 is 11.8 Å². The minimum atomic E-state index is 0.641. The van der Waals surface area contributed by atoms with Gasteiger partial charge in [-0.3, -0.25) is 0 Å². The van der Waals surface area contributed by atoms with Crippen LogP contribution in [-0.2, 0) is 0 Å². The SMILES string of the molecule is CSCC(C)NC(CC(C)C)CC(C)C. The molecule has 0 saturated carbocycles. The van der Waals surface area contributed by atoms with Crippen molar-refractivity contribution in [2.45, 2.75) is 59.5 Å². The van der Waals surface area contributed by atoms with Crippen LogP contribution in [0.25, 0.3) is 0 Å². The smallest absolute Gasteiger partial charge is 0.0132 e. The van der Waals surface area contributed by atoms with Gasteiger partial charge in [0.15, 0.2) is 0 Å². The Hall–Kier alpha value is 0.310. The molecule has 0 bridgehead atoms. The molecule has 92 valence electrons. The molecule has 0 heterocycles. The predicted octanol–water partition coefficient (Wildman–Crippen LogP) is 3.79. The molecule has 1 N–H and O–H groups in total. The quantitative estimate of drug-likeness (QED) is 0.682. The van der Waals surface area contributed by atoms with E-state index in [2.05, 4.69) is 46.2 Å². The van der Waals surface area contributed by atoms with Crippen molar-refractivity contribution in [3.8, 4) is 0 Å². The second-order valence-corrected chi connectivity index (χ2v) is 6.39. The van der Waals surface area contributed by atoms with Crippen LogP contribution in [0.1, 0.15) is 47.5 Å². The Morgan fingerprint density at radius 2 is 1.40 bits per heavy atom. The minimum absolute atomic E-state index is 0.641. The van der Waals surface area contributed by atoms with Crippen molar-refractivity contribution in [3.63, 3.8) is 0 Å². The van der Waals surface area contributed by atoms with E-state index in [-0.39, 0.29) is 0 Å². The highest BCUT2D eigenvalue weighted by Crippen LogP contribution is 2.14. The van der Waals surface area contributed by atoms with E-state index < -0.39 is 0 Å². The van der Waals surface area contributed by atoms with Crippen molar-refractivity contribution in [2.75, 3.05) is 12.0 Å². The highest BCUT2D eigenvalue weighted by atomic mass is 32.2. The summed E-state index contributed by atoms with van der Waals surface area (Å²) in [4.78, 5) is 0. The van der Waals surface area contributed by atoms with Gasteiger partial charge in [-0.25, -0.2) is 0 Å². The molecule has 1 atom stereocenters. The van der Waals surface area contributed by atoms with E-state index >= 15 is 0 Å². The van der Waals surface area contributed by atoms with Gasteiger partial charge in [0.1, 0.15) is 0 Å². The van der Waals surface area contributed by atoms with Gasteiger partial charge in [0.25, 0.3) is 0 Å². The molecule has 0 aromatic heterocycles. The van der Waals surface area contributed by atoms with Crippen molar-refractivity contribution >= 4 is 11.8 Å². The second-order valence-electron chi connectivity index (χ2n) is 5.48. The molecule has 0 amide bonds. The topological polar surface area (TPSA) is 12.0 Å². The summed E-state index contributed by atoms with van der Waals surface area (Å²) < 4.78 is 0. The molecule has 0 rings (SSSR count). The zero-order valence-corrected chi connectivity index (χ0v) is 12.2. The van der Waals surface area contributed by atoms with E-state index in [4.69, 9.17) is 0 Å². The summed E-state index contributed by atoms with van der Waals surface area (Å²) in [5.41, 5.74) is 0. The van der Waals surface area contributed by atoms with Crippen molar-refractivity contribution in [1.82, 2.24) is 5.32 Å². The highest BCUT2D eigenvalue weighted by Gasteiger charge is 2.14. The Kier molecular flexibility index (Phi) is 8.64. The van der Waals surface area contributed by atoms with Crippen LogP contribution in [0.5, 0.6) is 0 Å². The van der Waals surface area contributed by atoms with Crippen LogP contribution in [-0.4, -0.2) is 24.1 Å². The molecule has 0 aromatic carbocycles. The van der Waals surface area contributed by atoms with Crippen LogP contribution in [0.15, 0.2) is 0 Å². The largest absolute Gasteiger partial charge is 0.311 e. The molecule has 0 spiro atoms. The van der Waals surface area contributed by atoms with Crippen LogP contribution in [0.4, 0.5) is 0 Å². The average Bonchev–Trinajstić information content (AvgIpc) is 2.00. The molecular formula is C13H29NS. The molecule has 0 aromatic rings. The Bertz CT molecular complexity index is 135. The van der Waals surface area contributed by atoms with Crippen LogP contribution in [0.2, 0.25) is 0 Å². The first-order valence-corrected chi connectivity index (χ1v) is 7.60. The maximum absolute atomic E-state index is 3.76. The van der Waals surface area contributed by atoms with Gasteiger partial charge in [-0.2, -0.15) is 11.8 Å². The first-order chi connectivity index (χ1) is 6.95. The summed E-state index contributed by atoms with van der Waals surface area (Å²) in [6.45, 7) is 11.6. The first kappa shape index (κ1) is 15.3. The molecule has 0 radical (unpaired) electrons. The molecule has 0 saturated heterocycles. The summed E-state index contributed by atoms with van der Waals surface area (Å²) in [5, 5.41) is 3.76. The number of nitrogens with one attached hydrogen (secondary N) is 1. The number of rotatable bonds is 8. The summed E-state index contributed by atoms with van der Waals surface area (Å²) in [6, 6.07) is 1.34. The fraction of sp³-hybridized carbons (Fsp3) is 1.00. The fourth-order valence-corrected chi connectivity index (χ4v) is 2.67. The van der Waals surface area contributed by atoms with E-state index in [1.165, 1.54) is 18.6 Å². The van der Waals surface area contributed by atoms with Crippen LogP contribution in [0, 0.1) is 11.8 Å². The lowest BCUT2D eigenvalue weighted by atomic mass is 9.95. The van der Waals surface area contributed by atoms with Gasteiger partial charge in [-0.1, -0.05) is 27.7 Å². The number of hydrogen-bond donors (Lipinski definition) is 1. The summed E-state index contributed by atoms with van der Waals surface area (Å²) in [7, 11) is 0. The Morgan fingerprint density at radius 3 is 1.73 bits per heavy atom. The highest BCUT2D eigenvalue weighted by molar-refractivity contribution is 7.98. The summed E-state index contributed by atoms with van der Waals surface area (Å²) in [6.07, 6.45) is 4.78. The van der Waals surface area contributed by atoms with Gasteiger partial charge < -0.3 is 5.32 Å². The average molecular weight is 231 g/mol. The van der Waals surface area contributed by atoms with Crippen molar-refractivity contribution in [2.24, 2.45) is 11.8 Å².